The van der Waals surface area contributed by atoms with E-state index >= 15 is 0 Å². The molecule has 0 saturated carbocycles. The summed E-state index contributed by atoms with van der Waals surface area (Å²) in [5, 5.41) is 2.66. The fraction of sp³-hybridized carbons (Fsp3) is 0.647. The summed E-state index contributed by atoms with van der Waals surface area (Å²) in [5.74, 6) is 1.04. The molecule has 1 N–H and O–H groups in total. The molecule has 1 aromatic rings. The monoisotopic (exact) mass is 341 g/mol. The number of aryl methyl sites for hydroxylation is 1. The Bertz CT molecular complexity index is 551. The number of morpholine rings is 1. The number of nitrogens with one attached hydrogen (secondary N) is 1. The van der Waals surface area contributed by atoms with Crippen molar-refractivity contribution in [3.8, 4) is 0 Å². The van der Waals surface area contributed by atoms with Gasteiger partial charge in [0, 0.05) is 12.7 Å². The molecule has 1 atom stereocenters. The van der Waals surface area contributed by atoms with E-state index in [4.69, 9.17) is 4.74 Å². The molecule has 1 aliphatic heterocycles. The highest BCUT2D eigenvalue weighted by atomic mass is 19.3. The van der Waals surface area contributed by atoms with E-state index in [1.54, 1.807) is 12.3 Å². The van der Waals surface area contributed by atoms with Gasteiger partial charge in [-0.15, -0.1) is 0 Å². The summed E-state index contributed by atoms with van der Waals surface area (Å²) in [7, 11) is 0. The first-order valence-corrected chi connectivity index (χ1v) is 8.23. The Hall–Kier alpha value is -1.76. The van der Waals surface area contributed by atoms with Gasteiger partial charge in [-0.2, -0.15) is 0 Å². The van der Waals surface area contributed by atoms with E-state index in [0.717, 1.165) is 18.4 Å². The molecular formula is C17H25F2N3O2. The molecule has 2 rings (SSSR count). The van der Waals surface area contributed by atoms with Crippen LogP contribution in [0.15, 0.2) is 18.3 Å². The van der Waals surface area contributed by atoms with Crippen LogP contribution in [0.2, 0.25) is 0 Å². The van der Waals surface area contributed by atoms with E-state index in [1.807, 2.05) is 6.07 Å². The van der Waals surface area contributed by atoms with Crippen LogP contribution in [0.5, 0.6) is 0 Å². The number of halogens is 2. The van der Waals surface area contributed by atoms with Crippen LogP contribution in [-0.4, -0.2) is 47.6 Å². The first-order chi connectivity index (χ1) is 11.3. The molecule has 0 aliphatic carbocycles. The van der Waals surface area contributed by atoms with Gasteiger partial charge in [-0.1, -0.05) is 19.9 Å². The predicted molar refractivity (Wildman–Crippen MR) is 88.3 cm³/mol. The van der Waals surface area contributed by atoms with Crippen molar-refractivity contribution in [1.29, 1.82) is 0 Å². The molecule has 0 aromatic carbocycles. The molecule has 1 saturated heterocycles. The summed E-state index contributed by atoms with van der Waals surface area (Å²) in [6.45, 7) is 5.87. The molecule has 24 heavy (non-hydrogen) atoms. The number of anilines is 1. The van der Waals surface area contributed by atoms with Crippen molar-refractivity contribution >= 4 is 11.8 Å². The number of urea groups is 1. The lowest BCUT2D eigenvalue weighted by molar-refractivity contribution is -0.161. The van der Waals surface area contributed by atoms with Crippen LogP contribution in [0.4, 0.5) is 19.4 Å². The number of alkyl halides is 2. The largest absolute Gasteiger partial charge is 0.366 e. The van der Waals surface area contributed by atoms with Crippen molar-refractivity contribution in [3.63, 3.8) is 0 Å². The number of nitrogens with zero attached hydrogens (tertiary/aromatic N) is 2. The molecule has 0 radical (unpaired) electrons. The normalized spacial score (nSPS) is 21.4. The SMILES string of the molecule is CC(C)CCc1ccc(NC(=O)N2CCOC(C)(C(F)F)C2)nc1. The smallest absolute Gasteiger partial charge is 0.323 e. The lowest BCUT2D eigenvalue weighted by atomic mass is 10.0. The van der Waals surface area contributed by atoms with Gasteiger partial charge >= 0.3 is 6.03 Å². The highest BCUT2D eigenvalue weighted by Crippen LogP contribution is 2.25. The summed E-state index contributed by atoms with van der Waals surface area (Å²) in [4.78, 5) is 17.8. The quantitative estimate of drug-likeness (QED) is 0.891. The number of ether oxygens (including phenoxy) is 1. The van der Waals surface area contributed by atoms with Crippen LogP contribution in [0.3, 0.4) is 0 Å². The highest BCUT2D eigenvalue weighted by molar-refractivity contribution is 5.88. The number of aromatic nitrogens is 1. The average Bonchev–Trinajstić information content (AvgIpc) is 2.54. The standard InChI is InChI=1S/C17H25F2N3O2/c1-12(2)4-5-13-6-7-14(20-10-13)21-16(23)22-8-9-24-17(3,11-22)15(18)19/h6-7,10,12,15H,4-5,8-9,11H2,1-3H3,(H,20,21,23). The minimum Gasteiger partial charge on any atom is -0.366 e. The number of pyridine rings is 1. The number of hydrogen-bond acceptors (Lipinski definition) is 3. The summed E-state index contributed by atoms with van der Waals surface area (Å²) in [5.41, 5.74) is -0.512. The molecule has 1 unspecified atom stereocenters. The zero-order chi connectivity index (χ0) is 17.7. The van der Waals surface area contributed by atoms with Crippen molar-refractivity contribution in [2.45, 2.75) is 45.6 Å². The first kappa shape index (κ1) is 18.6. The molecule has 0 spiro atoms. The van der Waals surface area contributed by atoms with Crippen molar-refractivity contribution in [2.75, 3.05) is 25.0 Å². The van der Waals surface area contributed by atoms with Gasteiger partial charge in [0.2, 0.25) is 0 Å². The highest BCUT2D eigenvalue weighted by Gasteiger charge is 2.42. The maximum absolute atomic E-state index is 13.0. The second-order valence-corrected chi connectivity index (χ2v) is 6.80. The van der Waals surface area contributed by atoms with Crippen molar-refractivity contribution in [2.24, 2.45) is 5.92 Å². The molecule has 2 amide bonds. The molecule has 7 heteroatoms. The third-order valence-corrected chi connectivity index (χ3v) is 4.12. The van der Waals surface area contributed by atoms with E-state index in [1.165, 1.54) is 11.8 Å². The Balaban J connectivity index is 1.92. The topological polar surface area (TPSA) is 54.5 Å². The zero-order valence-electron chi connectivity index (χ0n) is 14.4. The fourth-order valence-electron chi connectivity index (χ4n) is 2.49. The number of carbonyl (C=O) groups is 1. The van der Waals surface area contributed by atoms with Gasteiger partial charge in [0.05, 0.1) is 13.2 Å². The molecule has 5 nitrogen and oxygen atoms in total. The third-order valence-electron chi connectivity index (χ3n) is 4.12. The predicted octanol–water partition coefficient (Wildman–Crippen LogP) is 3.56. The number of carbonyl (C=O) groups excluding carboxylic acids is 1. The minimum absolute atomic E-state index is 0.0931. The molecule has 1 aliphatic rings. The second-order valence-electron chi connectivity index (χ2n) is 6.80. The maximum Gasteiger partial charge on any atom is 0.323 e. The lowest BCUT2D eigenvalue weighted by Gasteiger charge is -2.39. The van der Waals surface area contributed by atoms with Crippen molar-refractivity contribution in [1.82, 2.24) is 9.88 Å². The van der Waals surface area contributed by atoms with E-state index in [2.05, 4.69) is 24.1 Å². The molecule has 1 aromatic heterocycles. The van der Waals surface area contributed by atoms with Crippen LogP contribution < -0.4 is 5.32 Å². The third kappa shape index (κ3) is 4.87. The van der Waals surface area contributed by atoms with Gasteiger partial charge in [0.25, 0.3) is 6.43 Å². The summed E-state index contributed by atoms with van der Waals surface area (Å²) >= 11 is 0. The lowest BCUT2D eigenvalue weighted by Crippen LogP contribution is -2.56. The van der Waals surface area contributed by atoms with E-state index in [0.29, 0.717) is 11.7 Å². The Morgan fingerprint density at radius 2 is 2.21 bits per heavy atom. The van der Waals surface area contributed by atoms with Crippen LogP contribution in [0.25, 0.3) is 0 Å². The van der Waals surface area contributed by atoms with Crippen LogP contribution >= 0.6 is 0 Å². The van der Waals surface area contributed by atoms with E-state index < -0.39 is 18.1 Å². The second kappa shape index (κ2) is 7.88. The Morgan fingerprint density at radius 3 is 2.79 bits per heavy atom. The van der Waals surface area contributed by atoms with Gasteiger partial charge in [-0.3, -0.25) is 5.32 Å². The molecular weight excluding hydrogens is 316 g/mol. The van der Waals surface area contributed by atoms with Gasteiger partial charge in [0.1, 0.15) is 11.4 Å². The Morgan fingerprint density at radius 1 is 1.46 bits per heavy atom. The Labute approximate surface area is 141 Å². The summed E-state index contributed by atoms with van der Waals surface area (Å²) in [6, 6.07) is 3.22. The van der Waals surface area contributed by atoms with Crippen LogP contribution in [0, 0.1) is 5.92 Å². The molecule has 1 fully saturated rings. The number of amides is 2. The zero-order valence-corrected chi connectivity index (χ0v) is 14.4. The van der Waals surface area contributed by atoms with E-state index in [-0.39, 0.29) is 19.7 Å². The van der Waals surface area contributed by atoms with Gasteiger partial charge < -0.3 is 9.64 Å². The minimum atomic E-state index is -2.65. The van der Waals surface area contributed by atoms with Crippen molar-refractivity contribution < 1.29 is 18.3 Å². The van der Waals surface area contributed by atoms with Crippen molar-refractivity contribution in [3.05, 3.63) is 23.9 Å². The van der Waals surface area contributed by atoms with Crippen LogP contribution in [-0.2, 0) is 11.2 Å². The molecule has 2 heterocycles. The molecule has 0 bridgehead atoms. The molecule has 134 valence electrons. The van der Waals surface area contributed by atoms with Gasteiger partial charge in [-0.05, 0) is 37.3 Å². The summed E-state index contributed by atoms with van der Waals surface area (Å²) < 4.78 is 31.2. The summed E-state index contributed by atoms with van der Waals surface area (Å²) in [6.07, 6.45) is 1.11. The fourth-order valence-corrected chi connectivity index (χ4v) is 2.49. The average molecular weight is 341 g/mol. The first-order valence-electron chi connectivity index (χ1n) is 8.23. The van der Waals surface area contributed by atoms with Gasteiger partial charge in [0.15, 0.2) is 0 Å². The Kier molecular flexibility index (Phi) is 6.10. The van der Waals surface area contributed by atoms with Crippen LogP contribution in [0.1, 0.15) is 32.8 Å². The van der Waals surface area contributed by atoms with Gasteiger partial charge in [-0.25, -0.2) is 18.6 Å². The number of rotatable bonds is 5. The van der Waals surface area contributed by atoms with E-state index in [9.17, 15) is 13.6 Å². The maximum atomic E-state index is 13.0. The number of hydrogen-bond donors (Lipinski definition) is 1.